The molecule has 1 saturated carbocycles. The second-order valence-electron chi connectivity index (χ2n) is 6.55. The van der Waals surface area contributed by atoms with Gasteiger partial charge in [0.05, 0.1) is 0 Å². The van der Waals surface area contributed by atoms with E-state index in [1.807, 2.05) is 0 Å². The number of nitrogens with zero attached hydrogens (tertiary/aromatic N) is 5. The van der Waals surface area contributed by atoms with Crippen LogP contribution in [0.5, 0.6) is 0 Å². The van der Waals surface area contributed by atoms with Crippen molar-refractivity contribution in [3.05, 3.63) is 0 Å². The first-order valence-corrected chi connectivity index (χ1v) is 8.46. The monoisotopic (exact) mass is 318 g/mol. The summed E-state index contributed by atoms with van der Waals surface area (Å²) in [5.74, 6) is 2.24. The van der Waals surface area contributed by atoms with Crippen LogP contribution in [0.3, 0.4) is 0 Å². The Labute approximate surface area is 134 Å². The summed E-state index contributed by atoms with van der Waals surface area (Å²) in [6.45, 7) is 2.19. The smallest absolute Gasteiger partial charge is 0.245 e. The topological polar surface area (TPSA) is 100 Å². The van der Waals surface area contributed by atoms with Crippen LogP contribution >= 0.6 is 0 Å². The summed E-state index contributed by atoms with van der Waals surface area (Å²) >= 11 is 0. The lowest BCUT2D eigenvalue weighted by molar-refractivity contribution is 0.263. The van der Waals surface area contributed by atoms with Crippen LogP contribution in [-0.4, -0.2) is 51.1 Å². The Morgan fingerprint density at radius 3 is 2.78 bits per heavy atom. The second kappa shape index (κ2) is 6.27. The molecule has 0 amide bonds. The van der Waals surface area contributed by atoms with Gasteiger partial charge < -0.3 is 15.3 Å². The average Bonchev–Trinajstić information content (AvgIpc) is 3.27. The largest absolute Gasteiger partial charge is 0.396 e. The highest BCUT2D eigenvalue weighted by molar-refractivity contribution is 5.74. The number of piperidine rings is 1. The molecule has 2 aromatic rings. The number of nitrogens with one attached hydrogen (secondary N) is 1. The maximum Gasteiger partial charge on any atom is 0.245 e. The van der Waals surface area contributed by atoms with Crippen LogP contribution in [0.4, 0.5) is 11.6 Å². The van der Waals surface area contributed by atoms with Crippen molar-refractivity contribution >= 4 is 22.9 Å². The van der Waals surface area contributed by atoms with Crippen LogP contribution < -0.4 is 10.2 Å². The standard InChI is InChI=1S/C15H22N6O2/c22-8-2-4-10-3-1-7-21(9-10)15-14(16-11-5-6-11)17-12-13(18-15)20-23-19-12/h10-11,22H,1-9H2,(H,16,17,19). The number of aromatic nitrogens is 4. The highest BCUT2D eigenvalue weighted by atomic mass is 16.6. The number of rotatable bonds is 6. The molecular weight excluding hydrogens is 296 g/mol. The summed E-state index contributed by atoms with van der Waals surface area (Å²) in [7, 11) is 0. The molecule has 4 rings (SSSR count). The van der Waals surface area contributed by atoms with Gasteiger partial charge in [-0.1, -0.05) is 0 Å². The van der Waals surface area contributed by atoms with Crippen LogP contribution in [0.15, 0.2) is 4.63 Å². The Bertz CT molecular complexity index is 671. The fraction of sp³-hybridized carbons (Fsp3) is 0.733. The van der Waals surface area contributed by atoms with Gasteiger partial charge in [0.1, 0.15) is 0 Å². The lowest BCUT2D eigenvalue weighted by Crippen LogP contribution is -2.36. The SMILES string of the molecule is OCCCC1CCCN(c2nc3nonc3nc2NC2CC2)C1. The number of fused-ring (bicyclic) bond motifs is 1. The zero-order valence-corrected chi connectivity index (χ0v) is 13.1. The van der Waals surface area contributed by atoms with E-state index in [0.29, 0.717) is 23.3 Å². The number of aliphatic hydroxyl groups excluding tert-OH is 1. The van der Waals surface area contributed by atoms with E-state index in [1.54, 1.807) is 0 Å². The van der Waals surface area contributed by atoms with Crippen molar-refractivity contribution in [2.75, 3.05) is 29.9 Å². The third kappa shape index (κ3) is 3.21. The molecule has 0 spiro atoms. The van der Waals surface area contributed by atoms with Gasteiger partial charge in [0.2, 0.25) is 11.3 Å². The molecule has 1 aliphatic carbocycles. The van der Waals surface area contributed by atoms with Crippen molar-refractivity contribution in [2.45, 2.75) is 44.6 Å². The van der Waals surface area contributed by atoms with Crippen LogP contribution in [0.2, 0.25) is 0 Å². The van der Waals surface area contributed by atoms with Gasteiger partial charge in [0.25, 0.3) is 0 Å². The highest BCUT2D eigenvalue weighted by Gasteiger charge is 2.28. The van der Waals surface area contributed by atoms with E-state index in [9.17, 15) is 0 Å². The lowest BCUT2D eigenvalue weighted by Gasteiger charge is -2.34. The fourth-order valence-electron chi connectivity index (χ4n) is 3.24. The molecule has 23 heavy (non-hydrogen) atoms. The first-order chi connectivity index (χ1) is 11.3. The third-order valence-corrected chi connectivity index (χ3v) is 4.60. The average molecular weight is 318 g/mol. The van der Waals surface area contributed by atoms with E-state index < -0.39 is 0 Å². The van der Waals surface area contributed by atoms with Crippen molar-refractivity contribution in [1.29, 1.82) is 0 Å². The van der Waals surface area contributed by atoms with E-state index in [2.05, 4.69) is 30.5 Å². The molecule has 0 aromatic carbocycles. The maximum absolute atomic E-state index is 9.05. The van der Waals surface area contributed by atoms with Crippen molar-refractivity contribution in [3.8, 4) is 0 Å². The summed E-state index contributed by atoms with van der Waals surface area (Å²) in [5, 5.41) is 20.1. The van der Waals surface area contributed by atoms with E-state index in [4.69, 9.17) is 9.74 Å². The maximum atomic E-state index is 9.05. The molecule has 1 saturated heterocycles. The molecule has 2 aromatic heterocycles. The molecule has 1 aliphatic heterocycles. The summed E-state index contributed by atoms with van der Waals surface area (Å²) < 4.78 is 4.76. The Kier molecular flexibility index (Phi) is 3.99. The minimum absolute atomic E-state index is 0.265. The lowest BCUT2D eigenvalue weighted by atomic mass is 9.93. The van der Waals surface area contributed by atoms with Gasteiger partial charge >= 0.3 is 0 Å². The van der Waals surface area contributed by atoms with Crippen LogP contribution in [0, 0.1) is 5.92 Å². The number of hydrogen-bond donors (Lipinski definition) is 2. The molecule has 1 unspecified atom stereocenters. The zero-order valence-electron chi connectivity index (χ0n) is 13.1. The van der Waals surface area contributed by atoms with Crippen LogP contribution in [0.25, 0.3) is 11.3 Å². The summed E-state index contributed by atoms with van der Waals surface area (Å²) in [5.41, 5.74) is 0.907. The molecule has 2 fully saturated rings. The molecule has 8 nitrogen and oxygen atoms in total. The number of anilines is 2. The fourth-order valence-corrected chi connectivity index (χ4v) is 3.24. The second-order valence-corrected chi connectivity index (χ2v) is 6.55. The molecule has 2 aliphatic rings. The molecule has 124 valence electrons. The predicted molar refractivity (Wildman–Crippen MR) is 85.3 cm³/mol. The Balaban J connectivity index is 1.60. The van der Waals surface area contributed by atoms with Gasteiger partial charge in [-0.05, 0) is 54.8 Å². The van der Waals surface area contributed by atoms with Gasteiger partial charge in [-0.2, -0.15) is 0 Å². The molecule has 3 heterocycles. The first-order valence-electron chi connectivity index (χ1n) is 8.46. The molecule has 1 atom stereocenters. The van der Waals surface area contributed by atoms with E-state index in [1.165, 1.54) is 19.3 Å². The van der Waals surface area contributed by atoms with Crippen LogP contribution in [-0.2, 0) is 0 Å². The Morgan fingerprint density at radius 2 is 2.00 bits per heavy atom. The highest BCUT2D eigenvalue weighted by Crippen LogP contribution is 2.33. The molecule has 0 bridgehead atoms. The number of aliphatic hydroxyl groups is 1. The van der Waals surface area contributed by atoms with Gasteiger partial charge in [-0.25, -0.2) is 14.6 Å². The molecular formula is C15H22N6O2. The zero-order chi connectivity index (χ0) is 15.6. The minimum Gasteiger partial charge on any atom is -0.396 e. The Morgan fingerprint density at radius 1 is 1.17 bits per heavy atom. The van der Waals surface area contributed by atoms with Crippen molar-refractivity contribution in [2.24, 2.45) is 5.92 Å². The minimum atomic E-state index is 0.265. The van der Waals surface area contributed by atoms with E-state index >= 15 is 0 Å². The molecule has 8 heteroatoms. The predicted octanol–water partition coefficient (Wildman–Crippen LogP) is 1.58. The van der Waals surface area contributed by atoms with Gasteiger partial charge in [-0.3, -0.25) is 0 Å². The Hall–Kier alpha value is -1.96. The first kappa shape index (κ1) is 14.6. The van der Waals surface area contributed by atoms with Crippen LogP contribution in [0.1, 0.15) is 38.5 Å². The molecule has 0 radical (unpaired) electrons. The third-order valence-electron chi connectivity index (χ3n) is 4.60. The summed E-state index contributed by atoms with van der Waals surface area (Å²) in [4.78, 5) is 11.5. The summed E-state index contributed by atoms with van der Waals surface area (Å²) in [6.07, 6.45) is 6.62. The van der Waals surface area contributed by atoms with E-state index in [-0.39, 0.29) is 6.61 Å². The van der Waals surface area contributed by atoms with Crippen molar-refractivity contribution in [3.63, 3.8) is 0 Å². The molecule has 2 N–H and O–H groups in total. The quantitative estimate of drug-likeness (QED) is 0.828. The van der Waals surface area contributed by atoms with E-state index in [0.717, 1.165) is 44.0 Å². The van der Waals surface area contributed by atoms with Crippen molar-refractivity contribution < 1.29 is 9.74 Å². The van der Waals surface area contributed by atoms with Gasteiger partial charge in [-0.15, -0.1) is 0 Å². The summed E-state index contributed by atoms with van der Waals surface area (Å²) in [6, 6.07) is 0.496. The van der Waals surface area contributed by atoms with Crippen molar-refractivity contribution in [1.82, 2.24) is 20.3 Å². The normalized spacial score (nSPS) is 21.8. The van der Waals surface area contributed by atoms with Gasteiger partial charge in [0.15, 0.2) is 11.6 Å². The number of hydrogen-bond acceptors (Lipinski definition) is 8. The van der Waals surface area contributed by atoms with Gasteiger partial charge in [0, 0.05) is 25.7 Å².